The number of hydrogen-bond acceptors (Lipinski definition) is 1. The summed E-state index contributed by atoms with van der Waals surface area (Å²) in [5.41, 5.74) is 7.26. The Balaban J connectivity index is 2.31. The van der Waals surface area contributed by atoms with E-state index in [9.17, 15) is 0 Å². The van der Waals surface area contributed by atoms with Crippen LogP contribution in [0.25, 0.3) is 0 Å². The summed E-state index contributed by atoms with van der Waals surface area (Å²) in [6, 6.07) is 5.94. The van der Waals surface area contributed by atoms with Crippen molar-refractivity contribution < 1.29 is 0 Å². The van der Waals surface area contributed by atoms with E-state index in [-0.39, 0.29) is 6.04 Å². The van der Waals surface area contributed by atoms with Gasteiger partial charge in [-0.15, -0.1) is 0 Å². The van der Waals surface area contributed by atoms with E-state index in [2.05, 4.69) is 22.9 Å². The summed E-state index contributed by atoms with van der Waals surface area (Å²) in [7, 11) is 0. The normalized spacial score (nSPS) is 12.7. The molecular weight excluding hydrogens is 310 g/mol. The molecule has 1 rings (SSSR count). The molecule has 3 heteroatoms. The summed E-state index contributed by atoms with van der Waals surface area (Å²) < 4.78 is 1.04. The first kappa shape index (κ1) is 16.0. The zero-order valence-electron chi connectivity index (χ0n) is 11.1. The lowest BCUT2D eigenvalue weighted by Crippen LogP contribution is -2.10. The minimum atomic E-state index is 0.0566. The third kappa shape index (κ3) is 5.73. The first-order valence-corrected chi connectivity index (χ1v) is 8.02. The van der Waals surface area contributed by atoms with Crippen LogP contribution in [0, 0.1) is 0 Å². The van der Waals surface area contributed by atoms with E-state index >= 15 is 0 Å². The summed E-state index contributed by atoms with van der Waals surface area (Å²) in [5.74, 6) is 0. The maximum atomic E-state index is 6.20. The Morgan fingerprint density at radius 1 is 1.17 bits per heavy atom. The Morgan fingerprint density at radius 3 is 2.56 bits per heavy atom. The molecule has 0 radical (unpaired) electrons. The highest BCUT2D eigenvalue weighted by atomic mass is 79.9. The fourth-order valence-electron chi connectivity index (χ4n) is 2.10. The molecule has 0 aliphatic rings. The maximum Gasteiger partial charge on any atom is 0.0454 e. The zero-order chi connectivity index (χ0) is 13.4. The van der Waals surface area contributed by atoms with Gasteiger partial charge in [-0.05, 0) is 30.2 Å². The highest BCUT2D eigenvalue weighted by Crippen LogP contribution is 2.28. The summed E-state index contributed by atoms with van der Waals surface area (Å²) in [6.45, 7) is 2.24. The maximum absolute atomic E-state index is 6.20. The standard InChI is InChI=1S/C15H23BrClN/c1-2-3-4-5-6-7-8-15(18)13-11-12(16)9-10-14(13)17/h9-11,15H,2-8,18H2,1H3. The topological polar surface area (TPSA) is 26.0 Å². The van der Waals surface area contributed by atoms with E-state index in [1.54, 1.807) is 0 Å². The van der Waals surface area contributed by atoms with Crippen molar-refractivity contribution in [3.8, 4) is 0 Å². The Bertz CT molecular complexity index is 354. The van der Waals surface area contributed by atoms with Gasteiger partial charge in [0, 0.05) is 15.5 Å². The van der Waals surface area contributed by atoms with Crippen LogP contribution in [0.1, 0.15) is 63.5 Å². The van der Waals surface area contributed by atoms with Crippen LogP contribution in [0.4, 0.5) is 0 Å². The van der Waals surface area contributed by atoms with E-state index in [1.165, 1.54) is 38.5 Å². The third-order valence-corrected chi connectivity index (χ3v) is 4.06. The van der Waals surface area contributed by atoms with Crippen molar-refractivity contribution in [1.29, 1.82) is 0 Å². The molecule has 1 nitrogen and oxygen atoms in total. The summed E-state index contributed by atoms with van der Waals surface area (Å²) in [6.07, 6.45) is 8.81. The Hall–Kier alpha value is -0.0500. The fourth-order valence-corrected chi connectivity index (χ4v) is 2.74. The smallest absolute Gasteiger partial charge is 0.0454 e. The van der Waals surface area contributed by atoms with E-state index in [4.69, 9.17) is 17.3 Å². The molecule has 1 atom stereocenters. The molecule has 0 bridgehead atoms. The molecule has 1 aromatic rings. The van der Waals surface area contributed by atoms with Gasteiger partial charge in [0.1, 0.15) is 0 Å². The lowest BCUT2D eigenvalue weighted by atomic mass is 10.0. The first-order valence-electron chi connectivity index (χ1n) is 6.85. The summed E-state index contributed by atoms with van der Waals surface area (Å²) >= 11 is 9.63. The number of halogens is 2. The molecule has 0 saturated heterocycles. The number of unbranched alkanes of at least 4 members (excludes halogenated alkanes) is 5. The van der Waals surface area contributed by atoms with Crippen molar-refractivity contribution in [3.63, 3.8) is 0 Å². The first-order chi connectivity index (χ1) is 8.65. The van der Waals surface area contributed by atoms with Crippen LogP contribution in [0.5, 0.6) is 0 Å². The fraction of sp³-hybridized carbons (Fsp3) is 0.600. The molecule has 0 amide bonds. The summed E-state index contributed by atoms with van der Waals surface area (Å²) in [5, 5.41) is 0.775. The number of nitrogens with two attached hydrogens (primary N) is 1. The highest BCUT2D eigenvalue weighted by Gasteiger charge is 2.10. The average molecular weight is 333 g/mol. The monoisotopic (exact) mass is 331 g/mol. The van der Waals surface area contributed by atoms with Crippen molar-refractivity contribution in [2.24, 2.45) is 5.73 Å². The van der Waals surface area contributed by atoms with Gasteiger partial charge >= 0.3 is 0 Å². The van der Waals surface area contributed by atoms with Crippen LogP contribution in [-0.4, -0.2) is 0 Å². The van der Waals surface area contributed by atoms with Crippen LogP contribution in [-0.2, 0) is 0 Å². The number of benzene rings is 1. The molecule has 0 aliphatic carbocycles. The molecule has 2 N–H and O–H groups in total. The predicted molar refractivity (Wildman–Crippen MR) is 84.1 cm³/mol. The van der Waals surface area contributed by atoms with Crippen molar-refractivity contribution in [2.75, 3.05) is 0 Å². The van der Waals surface area contributed by atoms with Crippen molar-refractivity contribution in [1.82, 2.24) is 0 Å². The lowest BCUT2D eigenvalue weighted by molar-refractivity contribution is 0.547. The summed E-state index contributed by atoms with van der Waals surface area (Å²) in [4.78, 5) is 0. The molecule has 0 aromatic heterocycles. The molecule has 0 heterocycles. The van der Waals surface area contributed by atoms with E-state index in [0.717, 1.165) is 21.5 Å². The van der Waals surface area contributed by atoms with Crippen molar-refractivity contribution in [3.05, 3.63) is 33.3 Å². The second-order valence-electron chi connectivity index (χ2n) is 4.83. The molecule has 0 fully saturated rings. The zero-order valence-corrected chi connectivity index (χ0v) is 13.4. The van der Waals surface area contributed by atoms with E-state index < -0.39 is 0 Å². The second-order valence-corrected chi connectivity index (χ2v) is 6.15. The van der Waals surface area contributed by atoms with Gasteiger partial charge in [-0.3, -0.25) is 0 Å². The van der Waals surface area contributed by atoms with Crippen LogP contribution >= 0.6 is 27.5 Å². The van der Waals surface area contributed by atoms with Crippen LogP contribution < -0.4 is 5.73 Å². The van der Waals surface area contributed by atoms with E-state index in [0.29, 0.717) is 0 Å². The molecule has 0 spiro atoms. The molecule has 18 heavy (non-hydrogen) atoms. The van der Waals surface area contributed by atoms with Crippen molar-refractivity contribution >= 4 is 27.5 Å². The van der Waals surface area contributed by atoms with Gasteiger partial charge in [0.25, 0.3) is 0 Å². The molecule has 1 aromatic carbocycles. The number of hydrogen-bond donors (Lipinski definition) is 1. The molecule has 0 saturated carbocycles. The van der Waals surface area contributed by atoms with Gasteiger partial charge in [0.15, 0.2) is 0 Å². The minimum absolute atomic E-state index is 0.0566. The third-order valence-electron chi connectivity index (χ3n) is 3.23. The average Bonchev–Trinajstić information content (AvgIpc) is 2.36. The molecule has 1 unspecified atom stereocenters. The highest BCUT2D eigenvalue weighted by molar-refractivity contribution is 9.10. The SMILES string of the molecule is CCCCCCCCC(N)c1cc(Br)ccc1Cl. The van der Waals surface area contributed by atoms with Gasteiger partial charge in [0.05, 0.1) is 0 Å². The number of rotatable bonds is 8. The second kappa shape index (κ2) is 8.95. The quantitative estimate of drug-likeness (QED) is 0.593. The van der Waals surface area contributed by atoms with Gasteiger partial charge in [-0.25, -0.2) is 0 Å². The van der Waals surface area contributed by atoms with Crippen LogP contribution in [0.3, 0.4) is 0 Å². The lowest BCUT2D eigenvalue weighted by Gasteiger charge is -2.14. The van der Waals surface area contributed by atoms with Gasteiger partial charge in [-0.2, -0.15) is 0 Å². The molecular formula is C15H23BrClN. The van der Waals surface area contributed by atoms with Gasteiger partial charge < -0.3 is 5.73 Å². The van der Waals surface area contributed by atoms with Crippen molar-refractivity contribution in [2.45, 2.75) is 57.9 Å². The van der Waals surface area contributed by atoms with Gasteiger partial charge in [-0.1, -0.05) is 73.0 Å². The van der Waals surface area contributed by atoms with E-state index in [1.807, 2.05) is 18.2 Å². The van der Waals surface area contributed by atoms with Crippen LogP contribution in [0.15, 0.2) is 22.7 Å². The largest absolute Gasteiger partial charge is 0.324 e. The predicted octanol–water partition coefficient (Wildman–Crippen LogP) is 5.85. The Labute approximate surface area is 124 Å². The molecule has 102 valence electrons. The minimum Gasteiger partial charge on any atom is -0.324 e. The Morgan fingerprint density at radius 2 is 1.83 bits per heavy atom. The Kier molecular flexibility index (Phi) is 7.96. The van der Waals surface area contributed by atoms with Gasteiger partial charge in [0.2, 0.25) is 0 Å². The molecule has 0 aliphatic heterocycles. The van der Waals surface area contributed by atoms with Crippen LogP contribution in [0.2, 0.25) is 5.02 Å².